The van der Waals surface area contributed by atoms with Gasteiger partial charge in [0.25, 0.3) is 0 Å². The number of aromatic nitrogens is 3. The SMILES string of the molecule is Cc1cc(C)c(C(=O)CSc2n[nH]c(COc3ccc(Cl)cc3)n2)cc1C. The number of aryl methyl sites for hydroxylation is 3. The van der Waals surface area contributed by atoms with Crippen molar-refractivity contribution in [2.24, 2.45) is 0 Å². The van der Waals surface area contributed by atoms with Crippen molar-refractivity contribution in [1.82, 2.24) is 15.2 Å². The van der Waals surface area contributed by atoms with E-state index in [1.54, 1.807) is 24.3 Å². The fourth-order valence-electron chi connectivity index (χ4n) is 2.56. The number of ketones is 1. The molecule has 0 spiro atoms. The molecular formula is C20H20ClN3O2S. The number of hydrogen-bond acceptors (Lipinski definition) is 5. The average Bonchev–Trinajstić information content (AvgIpc) is 3.10. The van der Waals surface area contributed by atoms with E-state index >= 15 is 0 Å². The fourth-order valence-corrected chi connectivity index (χ4v) is 3.38. The summed E-state index contributed by atoms with van der Waals surface area (Å²) < 4.78 is 5.63. The van der Waals surface area contributed by atoms with Gasteiger partial charge in [-0.3, -0.25) is 9.89 Å². The first-order chi connectivity index (χ1) is 12.9. The zero-order chi connectivity index (χ0) is 19.4. The van der Waals surface area contributed by atoms with Crippen LogP contribution in [0.5, 0.6) is 5.75 Å². The third-order valence-corrected chi connectivity index (χ3v) is 5.27. The molecule has 1 aromatic heterocycles. The Bertz CT molecular complexity index is 954. The van der Waals surface area contributed by atoms with Crippen LogP contribution in [0.2, 0.25) is 5.02 Å². The first-order valence-electron chi connectivity index (χ1n) is 8.46. The zero-order valence-electron chi connectivity index (χ0n) is 15.4. The number of rotatable bonds is 7. The summed E-state index contributed by atoms with van der Waals surface area (Å²) in [5, 5.41) is 8.15. The van der Waals surface area contributed by atoms with Crippen LogP contribution in [-0.4, -0.2) is 26.7 Å². The average molecular weight is 402 g/mol. The number of thioether (sulfide) groups is 1. The number of halogens is 1. The molecule has 0 aliphatic carbocycles. The number of nitrogens with one attached hydrogen (secondary N) is 1. The summed E-state index contributed by atoms with van der Waals surface area (Å²) in [7, 11) is 0. The second-order valence-corrected chi connectivity index (χ2v) is 7.65. The van der Waals surface area contributed by atoms with Crippen LogP contribution in [0.3, 0.4) is 0 Å². The van der Waals surface area contributed by atoms with E-state index in [0.717, 1.165) is 16.7 Å². The van der Waals surface area contributed by atoms with E-state index in [-0.39, 0.29) is 12.4 Å². The van der Waals surface area contributed by atoms with Gasteiger partial charge in [0.15, 0.2) is 11.6 Å². The summed E-state index contributed by atoms with van der Waals surface area (Å²) >= 11 is 7.16. The summed E-state index contributed by atoms with van der Waals surface area (Å²) in [6.07, 6.45) is 0. The van der Waals surface area contributed by atoms with E-state index in [4.69, 9.17) is 16.3 Å². The molecule has 0 aliphatic rings. The first kappa shape index (κ1) is 19.5. The smallest absolute Gasteiger partial charge is 0.208 e. The Kier molecular flexibility index (Phi) is 6.19. The van der Waals surface area contributed by atoms with Gasteiger partial charge in [0.2, 0.25) is 5.16 Å². The Morgan fingerprint density at radius 1 is 1.11 bits per heavy atom. The van der Waals surface area contributed by atoms with Gasteiger partial charge < -0.3 is 4.74 Å². The molecule has 3 aromatic rings. The van der Waals surface area contributed by atoms with E-state index in [0.29, 0.717) is 27.5 Å². The topological polar surface area (TPSA) is 67.9 Å². The quantitative estimate of drug-likeness (QED) is 0.448. The molecule has 0 fully saturated rings. The summed E-state index contributed by atoms with van der Waals surface area (Å²) in [6, 6.07) is 11.1. The molecule has 7 heteroatoms. The first-order valence-corrected chi connectivity index (χ1v) is 9.82. The van der Waals surface area contributed by atoms with Gasteiger partial charge in [-0.1, -0.05) is 29.4 Å². The number of hydrogen-bond donors (Lipinski definition) is 1. The van der Waals surface area contributed by atoms with E-state index in [2.05, 4.69) is 15.2 Å². The molecule has 0 amide bonds. The predicted octanol–water partition coefficient (Wildman–Crippen LogP) is 4.94. The third kappa shape index (κ3) is 5.11. The molecule has 0 bridgehead atoms. The van der Waals surface area contributed by atoms with Crippen LogP contribution in [0.25, 0.3) is 0 Å². The van der Waals surface area contributed by atoms with Gasteiger partial charge in [0.05, 0.1) is 5.75 Å². The zero-order valence-corrected chi connectivity index (χ0v) is 16.9. The molecule has 0 saturated carbocycles. The van der Waals surface area contributed by atoms with Crippen molar-refractivity contribution in [2.45, 2.75) is 32.5 Å². The van der Waals surface area contributed by atoms with E-state index < -0.39 is 0 Å². The lowest BCUT2D eigenvalue weighted by Gasteiger charge is -2.08. The number of nitrogens with zero attached hydrogens (tertiary/aromatic N) is 2. The molecule has 1 heterocycles. The maximum absolute atomic E-state index is 12.5. The maximum atomic E-state index is 12.5. The van der Waals surface area contributed by atoms with Gasteiger partial charge in [-0.05, 0) is 67.8 Å². The van der Waals surface area contributed by atoms with Crippen molar-refractivity contribution in [3.05, 3.63) is 69.5 Å². The standard InChI is InChI=1S/C20H20ClN3O2S/c1-12-8-14(3)17(9-13(12)2)18(25)11-27-20-22-19(23-24-20)10-26-16-6-4-15(21)5-7-16/h4-9H,10-11H2,1-3H3,(H,22,23,24). The Labute approximate surface area is 167 Å². The molecule has 2 aromatic carbocycles. The van der Waals surface area contributed by atoms with Crippen molar-refractivity contribution in [3.8, 4) is 5.75 Å². The highest BCUT2D eigenvalue weighted by molar-refractivity contribution is 7.99. The van der Waals surface area contributed by atoms with Crippen LogP contribution in [0.15, 0.2) is 41.6 Å². The molecule has 0 atom stereocenters. The summed E-state index contributed by atoms with van der Waals surface area (Å²) in [6.45, 7) is 6.29. The molecular weight excluding hydrogens is 382 g/mol. The molecule has 0 saturated heterocycles. The van der Waals surface area contributed by atoms with Crippen LogP contribution in [0.4, 0.5) is 0 Å². The van der Waals surface area contributed by atoms with Gasteiger partial charge in [-0.15, -0.1) is 5.10 Å². The van der Waals surface area contributed by atoms with Crippen LogP contribution in [0, 0.1) is 20.8 Å². The molecule has 0 aliphatic heterocycles. The van der Waals surface area contributed by atoms with Gasteiger partial charge >= 0.3 is 0 Å². The molecule has 1 N–H and O–H groups in total. The molecule has 3 rings (SSSR count). The Hall–Kier alpha value is -2.31. The second-order valence-electron chi connectivity index (χ2n) is 6.27. The lowest BCUT2D eigenvalue weighted by atomic mass is 9.99. The normalized spacial score (nSPS) is 10.8. The summed E-state index contributed by atoms with van der Waals surface area (Å²) in [5.41, 5.74) is 4.06. The maximum Gasteiger partial charge on any atom is 0.208 e. The van der Waals surface area contributed by atoms with Crippen LogP contribution in [-0.2, 0) is 6.61 Å². The highest BCUT2D eigenvalue weighted by Gasteiger charge is 2.13. The van der Waals surface area contributed by atoms with Gasteiger partial charge in [0.1, 0.15) is 12.4 Å². The van der Waals surface area contributed by atoms with Gasteiger partial charge in [0, 0.05) is 10.6 Å². The Morgan fingerprint density at radius 2 is 1.81 bits per heavy atom. The monoisotopic (exact) mass is 401 g/mol. The molecule has 27 heavy (non-hydrogen) atoms. The largest absolute Gasteiger partial charge is 0.486 e. The Morgan fingerprint density at radius 3 is 2.56 bits per heavy atom. The lowest BCUT2D eigenvalue weighted by molar-refractivity contribution is 0.102. The van der Waals surface area contributed by atoms with Crippen LogP contribution < -0.4 is 4.74 Å². The van der Waals surface area contributed by atoms with Gasteiger partial charge in [-0.25, -0.2) is 4.98 Å². The number of benzene rings is 2. The number of ether oxygens (including phenoxy) is 1. The van der Waals surface area contributed by atoms with E-state index in [1.165, 1.54) is 17.3 Å². The summed E-state index contributed by atoms with van der Waals surface area (Å²) in [5.74, 6) is 1.66. The number of carbonyl (C=O) groups is 1. The van der Waals surface area contributed by atoms with E-state index in [9.17, 15) is 4.79 Å². The number of carbonyl (C=O) groups excluding carboxylic acids is 1. The minimum Gasteiger partial charge on any atom is -0.486 e. The minimum atomic E-state index is 0.0735. The highest BCUT2D eigenvalue weighted by atomic mass is 35.5. The lowest BCUT2D eigenvalue weighted by Crippen LogP contribution is -2.06. The molecule has 5 nitrogen and oxygen atoms in total. The van der Waals surface area contributed by atoms with Crippen molar-refractivity contribution in [2.75, 3.05) is 5.75 Å². The molecule has 0 unspecified atom stereocenters. The summed E-state index contributed by atoms with van der Waals surface area (Å²) in [4.78, 5) is 16.9. The van der Waals surface area contributed by atoms with E-state index in [1.807, 2.05) is 32.9 Å². The van der Waals surface area contributed by atoms with Crippen molar-refractivity contribution >= 4 is 29.1 Å². The Balaban J connectivity index is 1.55. The third-order valence-electron chi connectivity index (χ3n) is 4.17. The van der Waals surface area contributed by atoms with Crippen LogP contribution in [0.1, 0.15) is 32.9 Å². The second kappa shape index (κ2) is 8.59. The molecule has 140 valence electrons. The van der Waals surface area contributed by atoms with Crippen LogP contribution >= 0.6 is 23.4 Å². The van der Waals surface area contributed by atoms with Crippen molar-refractivity contribution in [3.63, 3.8) is 0 Å². The van der Waals surface area contributed by atoms with Crippen molar-refractivity contribution < 1.29 is 9.53 Å². The minimum absolute atomic E-state index is 0.0735. The number of aromatic amines is 1. The predicted molar refractivity (Wildman–Crippen MR) is 108 cm³/mol. The molecule has 0 radical (unpaired) electrons. The number of H-pyrrole nitrogens is 1. The fraction of sp³-hybridized carbons (Fsp3) is 0.250. The van der Waals surface area contributed by atoms with Gasteiger partial charge in [-0.2, -0.15) is 0 Å². The highest BCUT2D eigenvalue weighted by Crippen LogP contribution is 2.20. The van der Waals surface area contributed by atoms with Crippen molar-refractivity contribution in [1.29, 1.82) is 0 Å². The number of Topliss-reactive ketones (excluding diaryl/α,β-unsaturated/α-hetero) is 1.